The Morgan fingerprint density at radius 3 is 2.35 bits per heavy atom. The van der Waals surface area contributed by atoms with Crippen molar-refractivity contribution in [2.24, 2.45) is 0 Å². The molecule has 0 radical (unpaired) electrons. The SMILES string of the molecule is COc1ccccc1Nc1ccc(NS(=O)(=O)c2ccc(C)cc2)cn1. The van der Waals surface area contributed by atoms with E-state index >= 15 is 0 Å². The highest BCUT2D eigenvalue weighted by atomic mass is 32.2. The zero-order valence-corrected chi connectivity index (χ0v) is 15.2. The zero-order valence-electron chi connectivity index (χ0n) is 14.4. The van der Waals surface area contributed by atoms with Gasteiger partial charge in [0.15, 0.2) is 0 Å². The Morgan fingerprint density at radius 2 is 1.69 bits per heavy atom. The van der Waals surface area contributed by atoms with E-state index in [1.165, 1.54) is 6.20 Å². The largest absolute Gasteiger partial charge is 0.495 e. The smallest absolute Gasteiger partial charge is 0.261 e. The van der Waals surface area contributed by atoms with Crippen molar-refractivity contribution in [2.75, 3.05) is 17.1 Å². The Balaban J connectivity index is 1.74. The van der Waals surface area contributed by atoms with Gasteiger partial charge in [0.05, 0.1) is 29.6 Å². The number of nitrogens with zero attached hydrogens (tertiary/aromatic N) is 1. The minimum absolute atomic E-state index is 0.208. The summed E-state index contributed by atoms with van der Waals surface area (Å²) in [4.78, 5) is 4.46. The van der Waals surface area contributed by atoms with Crippen LogP contribution in [0.4, 0.5) is 17.2 Å². The maximum atomic E-state index is 12.4. The molecule has 0 amide bonds. The van der Waals surface area contributed by atoms with E-state index in [1.807, 2.05) is 31.2 Å². The first-order valence-electron chi connectivity index (χ1n) is 7.93. The molecule has 1 aromatic heterocycles. The average molecular weight is 369 g/mol. The quantitative estimate of drug-likeness (QED) is 0.688. The molecule has 0 aliphatic heterocycles. The van der Waals surface area contributed by atoms with E-state index < -0.39 is 10.0 Å². The van der Waals surface area contributed by atoms with Crippen molar-refractivity contribution in [3.63, 3.8) is 0 Å². The van der Waals surface area contributed by atoms with Crippen molar-refractivity contribution in [1.82, 2.24) is 4.98 Å². The Morgan fingerprint density at radius 1 is 0.962 bits per heavy atom. The van der Waals surface area contributed by atoms with Crippen LogP contribution in [0.2, 0.25) is 0 Å². The number of anilines is 3. The molecule has 2 N–H and O–H groups in total. The van der Waals surface area contributed by atoms with Crippen LogP contribution in [0.25, 0.3) is 0 Å². The van der Waals surface area contributed by atoms with E-state index in [4.69, 9.17) is 4.74 Å². The van der Waals surface area contributed by atoms with Crippen LogP contribution in [0.15, 0.2) is 71.8 Å². The first-order valence-corrected chi connectivity index (χ1v) is 9.42. The maximum Gasteiger partial charge on any atom is 0.261 e. The lowest BCUT2D eigenvalue weighted by Gasteiger charge is -2.11. The van der Waals surface area contributed by atoms with E-state index in [0.717, 1.165) is 11.3 Å². The van der Waals surface area contributed by atoms with Crippen molar-refractivity contribution in [3.8, 4) is 5.75 Å². The van der Waals surface area contributed by atoms with Crippen LogP contribution in [0.1, 0.15) is 5.56 Å². The first kappa shape index (κ1) is 17.8. The number of ether oxygens (including phenoxy) is 1. The molecule has 1 heterocycles. The molecule has 0 aliphatic carbocycles. The molecule has 0 fully saturated rings. The lowest BCUT2D eigenvalue weighted by molar-refractivity contribution is 0.417. The lowest BCUT2D eigenvalue weighted by Crippen LogP contribution is -2.13. The molecule has 0 bridgehead atoms. The topological polar surface area (TPSA) is 80.3 Å². The number of pyridine rings is 1. The summed E-state index contributed by atoms with van der Waals surface area (Å²) in [5.74, 6) is 1.27. The number of aryl methyl sites for hydroxylation is 1. The lowest BCUT2D eigenvalue weighted by atomic mass is 10.2. The number of benzene rings is 2. The standard InChI is InChI=1S/C19H19N3O3S/c1-14-7-10-16(11-8-14)26(23,24)22-15-9-12-19(20-13-15)21-17-5-3-4-6-18(17)25-2/h3-13,22H,1-2H3,(H,20,21). The van der Waals surface area contributed by atoms with Gasteiger partial charge in [-0.2, -0.15) is 0 Å². The summed E-state index contributed by atoms with van der Waals surface area (Å²) in [6.07, 6.45) is 1.46. The highest BCUT2D eigenvalue weighted by Gasteiger charge is 2.14. The van der Waals surface area contributed by atoms with Crippen LogP contribution in [0.5, 0.6) is 5.75 Å². The van der Waals surface area contributed by atoms with Crippen LogP contribution in [0.3, 0.4) is 0 Å². The summed E-state index contributed by atoms with van der Waals surface area (Å²) in [7, 11) is -2.05. The molecule has 2 aromatic carbocycles. The number of rotatable bonds is 6. The summed E-state index contributed by atoms with van der Waals surface area (Å²) in [5, 5.41) is 3.14. The van der Waals surface area contributed by atoms with Crippen LogP contribution in [0, 0.1) is 6.92 Å². The van der Waals surface area contributed by atoms with E-state index in [2.05, 4.69) is 15.0 Å². The van der Waals surface area contributed by atoms with E-state index in [9.17, 15) is 8.42 Å². The molecule has 0 saturated heterocycles. The van der Waals surface area contributed by atoms with Crippen molar-refractivity contribution >= 4 is 27.2 Å². The molecular formula is C19H19N3O3S. The molecule has 6 nitrogen and oxygen atoms in total. The normalized spacial score (nSPS) is 11.0. The number of methoxy groups -OCH3 is 1. The molecule has 3 rings (SSSR count). The highest BCUT2D eigenvalue weighted by Crippen LogP contribution is 2.26. The molecule has 7 heteroatoms. The number of nitrogens with one attached hydrogen (secondary N) is 2. The van der Waals surface area contributed by atoms with Crippen molar-refractivity contribution < 1.29 is 13.2 Å². The van der Waals surface area contributed by atoms with Gasteiger partial charge in [0.2, 0.25) is 0 Å². The first-order chi connectivity index (χ1) is 12.5. The third-order valence-electron chi connectivity index (χ3n) is 3.72. The zero-order chi connectivity index (χ0) is 18.6. The van der Waals surface area contributed by atoms with Gasteiger partial charge < -0.3 is 10.1 Å². The fourth-order valence-corrected chi connectivity index (χ4v) is 3.39. The summed E-state index contributed by atoms with van der Waals surface area (Å²) in [5.41, 5.74) is 2.16. The monoisotopic (exact) mass is 369 g/mol. The molecule has 0 aliphatic rings. The number of sulfonamides is 1. The predicted octanol–water partition coefficient (Wildman–Crippen LogP) is 3.94. The second-order valence-corrected chi connectivity index (χ2v) is 7.36. The Kier molecular flexibility index (Phi) is 5.09. The minimum atomic E-state index is -3.64. The molecule has 0 atom stereocenters. The van der Waals surface area contributed by atoms with Gasteiger partial charge in [0, 0.05) is 0 Å². The molecule has 3 aromatic rings. The van der Waals surface area contributed by atoms with E-state index in [1.54, 1.807) is 43.5 Å². The predicted molar refractivity (Wildman–Crippen MR) is 103 cm³/mol. The number of aromatic nitrogens is 1. The summed E-state index contributed by atoms with van der Waals surface area (Å²) < 4.78 is 32.6. The van der Waals surface area contributed by atoms with Crippen molar-refractivity contribution in [2.45, 2.75) is 11.8 Å². The number of hydrogen-bond acceptors (Lipinski definition) is 5. The van der Waals surface area contributed by atoms with Gasteiger partial charge >= 0.3 is 0 Å². The molecule has 0 spiro atoms. The third kappa shape index (κ3) is 4.12. The van der Waals surface area contributed by atoms with Gasteiger partial charge in [0.1, 0.15) is 11.6 Å². The molecule has 0 saturated carbocycles. The van der Waals surface area contributed by atoms with Crippen LogP contribution < -0.4 is 14.8 Å². The van der Waals surface area contributed by atoms with Gasteiger partial charge in [-0.05, 0) is 43.3 Å². The van der Waals surface area contributed by atoms with Crippen LogP contribution in [-0.2, 0) is 10.0 Å². The van der Waals surface area contributed by atoms with Gasteiger partial charge in [0.25, 0.3) is 10.0 Å². The number of hydrogen-bond donors (Lipinski definition) is 2. The fourth-order valence-electron chi connectivity index (χ4n) is 2.35. The van der Waals surface area contributed by atoms with E-state index in [0.29, 0.717) is 17.3 Å². The Labute approximate surface area is 152 Å². The van der Waals surface area contributed by atoms with Gasteiger partial charge in [-0.15, -0.1) is 0 Å². The van der Waals surface area contributed by atoms with Gasteiger partial charge in [-0.1, -0.05) is 29.8 Å². The Bertz CT molecular complexity index is 985. The minimum Gasteiger partial charge on any atom is -0.495 e. The summed E-state index contributed by atoms with van der Waals surface area (Å²) in [6, 6.07) is 17.5. The average Bonchev–Trinajstić information content (AvgIpc) is 2.64. The summed E-state index contributed by atoms with van der Waals surface area (Å²) in [6.45, 7) is 1.90. The fraction of sp³-hybridized carbons (Fsp3) is 0.105. The number of para-hydroxylation sites is 2. The van der Waals surface area contributed by atoms with Crippen LogP contribution >= 0.6 is 0 Å². The molecule has 0 unspecified atom stereocenters. The second-order valence-electron chi connectivity index (χ2n) is 5.68. The van der Waals surface area contributed by atoms with Crippen molar-refractivity contribution in [3.05, 3.63) is 72.4 Å². The van der Waals surface area contributed by atoms with Crippen LogP contribution in [-0.4, -0.2) is 20.5 Å². The molecular weight excluding hydrogens is 350 g/mol. The molecule has 134 valence electrons. The van der Waals surface area contributed by atoms with Crippen molar-refractivity contribution in [1.29, 1.82) is 0 Å². The third-order valence-corrected chi connectivity index (χ3v) is 5.11. The highest BCUT2D eigenvalue weighted by molar-refractivity contribution is 7.92. The second kappa shape index (κ2) is 7.45. The maximum absolute atomic E-state index is 12.4. The van der Waals surface area contributed by atoms with Gasteiger partial charge in [-0.25, -0.2) is 13.4 Å². The molecule has 26 heavy (non-hydrogen) atoms. The van der Waals surface area contributed by atoms with Gasteiger partial charge in [-0.3, -0.25) is 4.72 Å². The summed E-state index contributed by atoms with van der Waals surface area (Å²) >= 11 is 0. The Hall–Kier alpha value is -3.06. The van der Waals surface area contributed by atoms with E-state index in [-0.39, 0.29) is 4.90 Å².